The van der Waals surface area contributed by atoms with Crippen LogP contribution in [0.2, 0.25) is 0 Å². The Bertz CT molecular complexity index is 1230. The number of carboxylic acids is 1. The van der Waals surface area contributed by atoms with Crippen molar-refractivity contribution in [3.8, 4) is 11.1 Å². The normalized spacial score (nSPS) is 16.6. The first-order valence-electron chi connectivity index (χ1n) is 11.5. The summed E-state index contributed by atoms with van der Waals surface area (Å²) in [5.41, 5.74) is 4.50. The molecule has 0 saturated carbocycles. The van der Waals surface area contributed by atoms with Crippen LogP contribution in [0.5, 0.6) is 0 Å². The molecule has 1 atom stereocenters. The lowest BCUT2D eigenvalue weighted by Gasteiger charge is -2.14. The molecule has 3 aromatic rings. The fourth-order valence-corrected chi connectivity index (χ4v) is 4.87. The third-order valence-corrected chi connectivity index (χ3v) is 6.59. The summed E-state index contributed by atoms with van der Waals surface area (Å²) in [5, 5.41) is 17.8. The average molecular weight is 476 g/mol. The Morgan fingerprint density at radius 1 is 1.09 bits per heavy atom. The summed E-state index contributed by atoms with van der Waals surface area (Å²) in [5.74, 6) is -1.13. The smallest absolute Gasteiger partial charge is 0.414 e. The van der Waals surface area contributed by atoms with Gasteiger partial charge in [0.15, 0.2) is 0 Å². The van der Waals surface area contributed by atoms with Crippen molar-refractivity contribution in [2.45, 2.75) is 25.2 Å². The molecule has 1 saturated heterocycles. The quantitative estimate of drug-likeness (QED) is 0.476. The van der Waals surface area contributed by atoms with Gasteiger partial charge in [0.2, 0.25) is 5.82 Å². The Balaban J connectivity index is 1.16. The van der Waals surface area contributed by atoms with Crippen molar-refractivity contribution in [3.05, 3.63) is 65.5 Å². The second kappa shape index (κ2) is 9.57. The maximum atomic E-state index is 12.7. The van der Waals surface area contributed by atoms with Gasteiger partial charge in [-0.2, -0.15) is 4.98 Å². The lowest BCUT2D eigenvalue weighted by molar-refractivity contribution is -0.137. The van der Waals surface area contributed by atoms with Crippen molar-refractivity contribution in [2.24, 2.45) is 5.92 Å². The Morgan fingerprint density at radius 2 is 1.77 bits per heavy atom. The standard InChI is InChI=1S/C25H25N5O5/c31-21(32)10-9-15-11-12-30(13-15)23(33)22-26-24(29-28-22)27-25(34)35-14-20-18-7-3-1-5-16(18)17-6-2-4-8-19(17)20/h1-8,15,20H,9-14H2,(H,31,32)(H2,26,27,28,29,34). The van der Waals surface area contributed by atoms with Crippen LogP contribution in [0.25, 0.3) is 11.1 Å². The number of carbonyl (C=O) groups excluding carboxylic acids is 2. The van der Waals surface area contributed by atoms with E-state index in [1.807, 2.05) is 36.4 Å². The van der Waals surface area contributed by atoms with Gasteiger partial charge in [-0.3, -0.25) is 20.0 Å². The van der Waals surface area contributed by atoms with Gasteiger partial charge in [-0.25, -0.2) is 4.79 Å². The summed E-state index contributed by atoms with van der Waals surface area (Å²) in [6.07, 6.45) is 0.658. The molecule has 1 aliphatic heterocycles. The number of hydrogen-bond donors (Lipinski definition) is 3. The van der Waals surface area contributed by atoms with Crippen LogP contribution in [-0.2, 0) is 9.53 Å². The lowest BCUT2D eigenvalue weighted by atomic mass is 9.98. The number of H-pyrrole nitrogens is 1. The van der Waals surface area contributed by atoms with Gasteiger partial charge in [0.1, 0.15) is 6.61 Å². The molecular weight excluding hydrogens is 450 g/mol. The van der Waals surface area contributed by atoms with E-state index in [0.29, 0.717) is 19.5 Å². The number of nitrogens with zero attached hydrogens (tertiary/aromatic N) is 3. The number of fused-ring (bicyclic) bond motifs is 3. The number of carbonyl (C=O) groups is 3. The number of benzene rings is 2. The summed E-state index contributed by atoms with van der Waals surface area (Å²) < 4.78 is 5.49. The van der Waals surface area contributed by atoms with Crippen LogP contribution in [0.1, 0.15) is 46.9 Å². The van der Waals surface area contributed by atoms with Crippen LogP contribution >= 0.6 is 0 Å². The highest BCUT2D eigenvalue weighted by atomic mass is 16.5. The van der Waals surface area contributed by atoms with Crippen molar-refractivity contribution in [3.63, 3.8) is 0 Å². The van der Waals surface area contributed by atoms with Crippen molar-refractivity contribution < 1.29 is 24.2 Å². The molecule has 1 aliphatic carbocycles. The predicted molar refractivity (Wildman–Crippen MR) is 126 cm³/mol. The van der Waals surface area contributed by atoms with E-state index in [0.717, 1.165) is 28.7 Å². The monoisotopic (exact) mass is 475 g/mol. The molecule has 35 heavy (non-hydrogen) atoms. The van der Waals surface area contributed by atoms with E-state index in [4.69, 9.17) is 9.84 Å². The van der Waals surface area contributed by atoms with Crippen molar-refractivity contribution in [2.75, 3.05) is 25.0 Å². The minimum absolute atomic E-state index is 0.0119. The van der Waals surface area contributed by atoms with Gasteiger partial charge in [0.25, 0.3) is 11.9 Å². The molecule has 2 amide bonds. The van der Waals surface area contributed by atoms with E-state index in [9.17, 15) is 14.4 Å². The first-order valence-corrected chi connectivity index (χ1v) is 11.5. The van der Waals surface area contributed by atoms with E-state index < -0.39 is 12.1 Å². The van der Waals surface area contributed by atoms with Gasteiger partial charge >= 0.3 is 12.1 Å². The Labute approximate surface area is 201 Å². The molecule has 10 nitrogen and oxygen atoms in total. The van der Waals surface area contributed by atoms with E-state index in [1.165, 1.54) is 0 Å². The van der Waals surface area contributed by atoms with Crippen LogP contribution in [-0.4, -0.2) is 62.9 Å². The first kappa shape index (κ1) is 22.6. The highest BCUT2D eigenvalue weighted by Gasteiger charge is 2.30. The summed E-state index contributed by atoms with van der Waals surface area (Å²) >= 11 is 0. The number of carboxylic acid groups (broad SMARTS) is 1. The van der Waals surface area contributed by atoms with Crippen LogP contribution in [0, 0.1) is 5.92 Å². The molecule has 5 rings (SSSR count). The van der Waals surface area contributed by atoms with Crippen LogP contribution in [0.4, 0.5) is 10.7 Å². The van der Waals surface area contributed by atoms with E-state index in [1.54, 1.807) is 4.90 Å². The molecule has 1 aromatic heterocycles. The zero-order valence-corrected chi connectivity index (χ0v) is 18.9. The number of anilines is 1. The van der Waals surface area contributed by atoms with Crippen LogP contribution < -0.4 is 5.32 Å². The lowest BCUT2D eigenvalue weighted by Crippen LogP contribution is -2.29. The maximum Gasteiger partial charge on any atom is 0.414 e. The van der Waals surface area contributed by atoms with Gasteiger partial charge in [0, 0.05) is 25.4 Å². The maximum absolute atomic E-state index is 12.7. The van der Waals surface area contributed by atoms with Crippen molar-refractivity contribution >= 4 is 23.9 Å². The molecule has 2 aliphatic rings. The number of aromatic amines is 1. The molecule has 1 fully saturated rings. The Kier molecular flexibility index (Phi) is 6.17. The second-order valence-electron chi connectivity index (χ2n) is 8.80. The van der Waals surface area contributed by atoms with Crippen LogP contribution in [0.15, 0.2) is 48.5 Å². The molecule has 0 radical (unpaired) electrons. The first-order chi connectivity index (χ1) is 17.0. The fraction of sp³-hybridized carbons (Fsp3) is 0.320. The Hall–Kier alpha value is -4.21. The average Bonchev–Trinajstić information content (AvgIpc) is 3.59. The zero-order valence-electron chi connectivity index (χ0n) is 18.9. The predicted octanol–water partition coefficient (Wildman–Crippen LogP) is 3.49. The molecular formula is C25H25N5O5. The van der Waals surface area contributed by atoms with E-state index in [-0.39, 0.29) is 42.5 Å². The van der Waals surface area contributed by atoms with Crippen molar-refractivity contribution in [1.82, 2.24) is 20.1 Å². The molecule has 2 heterocycles. The van der Waals surface area contributed by atoms with Gasteiger partial charge in [-0.15, -0.1) is 5.10 Å². The molecule has 0 bridgehead atoms. The molecule has 10 heteroatoms. The molecule has 180 valence electrons. The largest absolute Gasteiger partial charge is 0.481 e. The third-order valence-electron chi connectivity index (χ3n) is 6.59. The van der Waals surface area contributed by atoms with Gasteiger partial charge in [-0.1, -0.05) is 48.5 Å². The van der Waals surface area contributed by atoms with Gasteiger partial charge < -0.3 is 14.7 Å². The zero-order chi connectivity index (χ0) is 24.4. The Morgan fingerprint density at radius 3 is 2.46 bits per heavy atom. The number of nitrogens with one attached hydrogen (secondary N) is 2. The minimum atomic E-state index is -0.839. The second-order valence-corrected chi connectivity index (χ2v) is 8.80. The molecule has 1 unspecified atom stereocenters. The summed E-state index contributed by atoms with van der Waals surface area (Å²) in [4.78, 5) is 41.6. The minimum Gasteiger partial charge on any atom is -0.481 e. The van der Waals surface area contributed by atoms with Gasteiger partial charge in [0.05, 0.1) is 0 Å². The fourth-order valence-electron chi connectivity index (χ4n) is 4.87. The molecule has 2 aromatic carbocycles. The summed E-state index contributed by atoms with van der Waals surface area (Å²) in [6.45, 7) is 1.16. The number of ether oxygens (including phenoxy) is 1. The van der Waals surface area contributed by atoms with E-state index in [2.05, 4.69) is 32.6 Å². The SMILES string of the molecule is O=C(O)CCC1CCN(C(=O)c2nc(NC(=O)OCC3c4ccccc4-c4ccccc43)n[nH]2)C1. The number of aliphatic carboxylic acids is 1. The summed E-state index contributed by atoms with van der Waals surface area (Å²) in [6, 6.07) is 16.1. The topological polar surface area (TPSA) is 138 Å². The number of amides is 2. The number of hydrogen-bond acceptors (Lipinski definition) is 6. The number of aromatic nitrogens is 3. The van der Waals surface area contributed by atoms with Crippen molar-refractivity contribution in [1.29, 1.82) is 0 Å². The van der Waals surface area contributed by atoms with E-state index >= 15 is 0 Å². The number of rotatable bonds is 7. The highest BCUT2D eigenvalue weighted by molar-refractivity contribution is 5.91. The summed E-state index contributed by atoms with van der Waals surface area (Å²) in [7, 11) is 0. The highest BCUT2D eigenvalue weighted by Crippen LogP contribution is 2.44. The van der Waals surface area contributed by atoms with Gasteiger partial charge in [-0.05, 0) is 41.0 Å². The molecule has 3 N–H and O–H groups in total. The third kappa shape index (κ3) is 4.72. The molecule has 0 spiro atoms. The number of likely N-dealkylation sites (tertiary alicyclic amines) is 1. The van der Waals surface area contributed by atoms with Crippen LogP contribution in [0.3, 0.4) is 0 Å².